The summed E-state index contributed by atoms with van der Waals surface area (Å²) in [6.45, 7) is 1.87. The first-order chi connectivity index (χ1) is 10.0. The highest BCUT2D eigenvalue weighted by Gasteiger charge is 2.14. The van der Waals surface area contributed by atoms with Crippen LogP contribution >= 0.6 is 0 Å². The molecule has 0 aliphatic rings. The molecule has 0 spiro atoms. The van der Waals surface area contributed by atoms with Crippen LogP contribution in [0.1, 0.15) is 18.5 Å². The van der Waals surface area contributed by atoms with Crippen molar-refractivity contribution in [1.29, 1.82) is 0 Å². The Kier molecular flexibility index (Phi) is 4.37. The van der Waals surface area contributed by atoms with Gasteiger partial charge < -0.3 is 10.1 Å². The van der Waals surface area contributed by atoms with E-state index in [1.54, 1.807) is 18.2 Å². The quantitative estimate of drug-likeness (QED) is 0.669. The van der Waals surface area contributed by atoms with Crippen LogP contribution < -0.4 is 10.1 Å². The molecule has 1 unspecified atom stereocenters. The van der Waals surface area contributed by atoms with E-state index >= 15 is 0 Å². The standard InChI is InChI=1S/C15H15FN2O3/c1-10(11-4-3-5-12(16)8-11)17-14-7-6-13(18(19)20)9-15(14)21-2/h3-10,17H,1-2H3. The number of hydrogen-bond donors (Lipinski definition) is 1. The Morgan fingerprint density at radius 1 is 1.29 bits per heavy atom. The number of nitro benzene ring substituents is 1. The smallest absolute Gasteiger partial charge is 0.273 e. The monoisotopic (exact) mass is 290 g/mol. The Hall–Kier alpha value is -2.63. The van der Waals surface area contributed by atoms with E-state index in [0.717, 1.165) is 5.56 Å². The Bertz CT molecular complexity index is 661. The van der Waals surface area contributed by atoms with Gasteiger partial charge in [0.2, 0.25) is 0 Å². The Morgan fingerprint density at radius 2 is 2.05 bits per heavy atom. The highest BCUT2D eigenvalue weighted by atomic mass is 19.1. The summed E-state index contributed by atoms with van der Waals surface area (Å²) in [5, 5.41) is 13.9. The maximum absolute atomic E-state index is 13.2. The molecular formula is C15H15FN2O3. The van der Waals surface area contributed by atoms with Crippen molar-refractivity contribution in [3.63, 3.8) is 0 Å². The van der Waals surface area contributed by atoms with Gasteiger partial charge in [0.25, 0.3) is 5.69 Å². The number of benzene rings is 2. The minimum atomic E-state index is -0.484. The molecule has 2 aromatic rings. The van der Waals surface area contributed by atoms with E-state index in [9.17, 15) is 14.5 Å². The number of rotatable bonds is 5. The Balaban J connectivity index is 2.24. The lowest BCUT2D eigenvalue weighted by Crippen LogP contribution is -2.08. The number of halogens is 1. The number of ether oxygens (including phenoxy) is 1. The summed E-state index contributed by atoms with van der Waals surface area (Å²) in [7, 11) is 1.44. The van der Waals surface area contributed by atoms with Gasteiger partial charge in [-0.15, -0.1) is 0 Å². The topological polar surface area (TPSA) is 64.4 Å². The summed E-state index contributed by atoms with van der Waals surface area (Å²) in [4.78, 5) is 10.3. The first kappa shape index (κ1) is 14.8. The molecule has 0 aliphatic carbocycles. The third-order valence-corrected chi connectivity index (χ3v) is 3.12. The highest BCUT2D eigenvalue weighted by molar-refractivity contribution is 5.61. The Labute approximate surface area is 121 Å². The highest BCUT2D eigenvalue weighted by Crippen LogP contribution is 2.31. The summed E-state index contributed by atoms with van der Waals surface area (Å²) in [5.41, 5.74) is 1.34. The zero-order chi connectivity index (χ0) is 15.4. The van der Waals surface area contributed by atoms with Crippen molar-refractivity contribution in [2.45, 2.75) is 13.0 Å². The van der Waals surface area contributed by atoms with Crippen LogP contribution in [0.15, 0.2) is 42.5 Å². The summed E-state index contributed by atoms with van der Waals surface area (Å²) in [6, 6.07) is 10.4. The first-order valence-corrected chi connectivity index (χ1v) is 6.35. The van der Waals surface area contributed by atoms with E-state index in [0.29, 0.717) is 11.4 Å². The van der Waals surface area contributed by atoms with Gasteiger partial charge in [0.15, 0.2) is 0 Å². The van der Waals surface area contributed by atoms with Crippen molar-refractivity contribution in [1.82, 2.24) is 0 Å². The van der Waals surface area contributed by atoms with E-state index in [-0.39, 0.29) is 17.5 Å². The van der Waals surface area contributed by atoms with Crippen molar-refractivity contribution in [2.75, 3.05) is 12.4 Å². The van der Waals surface area contributed by atoms with Crippen LogP contribution in [-0.2, 0) is 0 Å². The second-order valence-electron chi connectivity index (χ2n) is 4.56. The third-order valence-electron chi connectivity index (χ3n) is 3.12. The number of nitro groups is 1. The van der Waals surface area contributed by atoms with E-state index in [4.69, 9.17) is 4.74 Å². The average Bonchev–Trinajstić information content (AvgIpc) is 2.47. The summed E-state index contributed by atoms with van der Waals surface area (Å²) in [6.07, 6.45) is 0. The van der Waals surface area contributed by atoms with Crippen LogP contribution in [0, 0.1) is 15.9 Å². The molecule has 2 aromatic carbocycles. The lowest BCUT2D eigenvalue weighted by Gasteiger charge is -2.17. The maximum Gasteiger partial charge on any atom is 0.273 e. The molecule has 2 rings (SSSR count). The van der Waals surface area contributed by atoms with Crippen LogP contribution in [-0.4, -0.2) is 12.0 Å². The van der Waals surface area contributed by atoms with E-state index in [1.807, 2.05) is 6.92 Å². The normalized spacial score (nSPS) is 11.8. The van der Waals surface area contributed by atoms with Crippen molar-refractivity contribution < 1.29 is 14.1 Å². The number of hydrogen-bond acceptors (Lipinski definition) is 4. The van der Waals surface area contributed by atoms with Crippen LogP contribution in [0.5, 0.6) is 5.75 Å². The third kappa shape index (κ3) is 3.47. The van der Waals surface area contributed by atoms with Crippen LogP contribution in [0.25, 0.3) is 0 Å². The second kappa shape index (κ2) is 6.21. The lowest BCUT2D eigenvalue weighted by molar-refractivity contribution is -0.384. The number of nitrogens with one attached hydrogen (secondary N) is 1. The van der Waals surface area contributed by atoms with Gasteiger partial charge in [-0.05, 0) is 30.7 Å². The van der Waals surface area contributed by atoms with E-state index < -0.39 is 4.92 Å². The van der Waals surface area contributed by atoms with Crippen molar-refractivity contribution in [3.8, 4) is 5.75 Å². The van der Waals surface area contributed by atoms with E-state index in [2.05, 4.69) is 5.32 Å². The van der Waals surface area contributed by atoms with Gasteiger partial charge in [-0.25, -0.2) is 4.39 Å². The molecule has 5 nitrogen and oxygen atoms in total. The SMILES string of the molecule is COc1cc([N+](=O)[O-])ccc1NC(C)c1cccc(F)c1. The molecule has 0 saturated heterocycles. The largest absolute Gasteiger partial charge is 0.494 e. The molecule has 0 aromatic heterocycles. The van der Waals surface area contributed by atoms with Crippen LogP contribution in [0.3, 0.4) is 0 Å². The first-order valence-electron chi connectivity index (χ1n) is 6.35. The van der Waals surface area contributed by atoms with Gasteiger partial charge in [-0.1, -0.05) is 12.1 Å². The molecule has 0 saturated carbocycles. The molecule has 1 N–H and O–H groups in total. The molecule has 0 fully saturated rings. The van der Waals surface area contributed by atoms with Crippen LogP contribution in [0.4, 0.5) is 15.8 Å². The molecule has 0 bridgehead atoms. The van der Waals surface area contributed by atoms with Crippen molar-refractivity contribution in [2.24, 2.45) is 0 Å². The fourth-order valence-electron chi connectivity index (χ4n) is 2.01. The molecule has 6 heteroatoms. The summed E-state index contributed by atoms with van der Waals surface area (Å²) in [5.74, 6) is 0.0595. The van der Waals surface area contributed by atoms with Gasteiger partial charge >= 0.3 is 0 Å². The summed E-state index contributed by atoms with van der Waals surface area (Å²) >= 11 is 0. The number of non-ortho nitro benzene ring substituents is 1. The molecule has 0 aliphatic heterocycles. The predicted octanol–water partition coefficient (Wildman–Crippen LogP) is 3.92. The number of methoxy groups -OCH3 is 1. The number of anilines is 1. The molecule has 0 heterocycles. The molecule has 0 amide bonds. The van der Waals surface area contributed by atoms with Gasteiger partial charge in [0.05, 0.1) is 23.8 Å². The van der Waals surface area contributed by atoms with Gasteiger partial charge in [-0.2, -0.15) is 0 Å². The molecule has 0 radical (unpaired) electrons. The van der Waals surface area contributed by atoms with Gasteiger partial charge in [-0.3, -0.25) is 10.1 Å². The minimum Gasteiger partial charge on any atom is -0.494 e. The fraction of sp³-hybridized carbons (Fsp3) is 0.200. The predicted molar refractivity (Wildman–Crippen MR) is 78.1 cm³/mol. The lowest BCUT2D eigenvalue weighted by atomic mass is 10.1. The average molecular weight is 290 g/mol. The minimum absolute atomic E-state index is 0.0455. The fourth-order valence-corrected chi connectivity index (χ4v) is 2.01. The van der Waals surface area contributed by atoms with Crippen molar-refractivity contribution in [3.05, 3.63) is 64.0 Å². The van der Waals surface area contributed by atoms with Gasteiger partial charge in [0, 0.05) is 12.1 Å². The van der Waals surface area contributed by atoms with Crippen molar-refractivity contribution >= 4 is 11.4 Å². The second-order valence-corrected chi connectivity index (χ2v) is 4.56. The van der Waals surface area contributed by atoms with E-state index in [1.165, 1.54) is 31.4 Å². The maximum atomic E-state index is 13.2. The van der Waals surface area contributed by atoms with Crippen LogP contribution in [0.2, 0.25) is 0 Å². The molecule has 1 atom stereocenters. The zero-order valence-electron chi connectivity index (χ0n) is 11.7. The zero-order valence-corrected chi connectivity index (χ0v) is 11.7. The molecule has 110 valence electrons. The summed E-state index contributed by atoms with van der Waals surface area (Å²) < 4.78 is 18.4. The Morgan fingerprint density at radius 3 is 2.67 bits per heavy atom. The molecule has 21 heavy (non-hydrogen) atoms. The molecular weight excluding hydrogens is 275 g/mol. The number of nitrogens with zero attached hydrogens (tertiary/aromatic N) is 1. The van der Waals surface area contributed by atoms with Gasteiger partial charge in [0.1, 0.15) is 11.6 Å².